The first-order valence-electron chi connectivity index (χ1n) is 3.12. The van der Waals surface area contributed by atoms with Crippen LogP contribution in [0.4, 0.5) is 0 Å². The van der Waals surface area contributed by atoms with Crippen molar-refractivity contribution >= 4 is 5.70 Å². The first-order chi connectivity index (χ1) is 4.84. The molecule has 0 spiro atoms. The third kappa shape index (κ3) is 1.32. The Balaban J connectivity index is 2.95. The molecule has 1 aromatic heterocycles. The van der Waals surface area contributed by atoms with Crippen LogP contribution in [0.5, 0.6) is 0 Å². The first-order valence-corrected chi connectivity index (χ1v) is 3.12. The van der Waals surface area contributed by atoms with Gasteiger partial charge in [0.15, 0.2) is 12.4 Å². The molecule has 0 unspecified atom stereocenters. The van der Waals surface area contributed by atoms with Crippen LogP contribution >= 0.6 is 0 Å². The molecule has 0 saturated carbocycles. The molecule has 0 aliphatic carbocycles. The Morgan fingerprint density at radius 2 is 1.80 bits per heavy atom. The number of hydrogen-bond acceptors (Lipinski definition) is 0. The molecule has 0 atom stereocenters. The van der Waals surface area contributed by atoms with Gasteiger partial charge in [0.05, 0.1) is 0 Å². The van der Waals surface area contributed by atoms with Crippen molar-refractivity contribution in [2.24, 2.45) is 0 Å². The molecule has 0 fully saturated rings. The molecular weight excluding hydrogens is 122 g/mol. The summed E-state index contributed by atoms with van der Waals surface area (Å²) < 4.78 is 1.91. The van der Waals surface area contributed by atoms with E-state index in [1.54, 1.807) is 6.08 Å². The zero-order valence-corrected chi connectivity index (χ0v) is 5.83. The van der Waals surface area contributed by atoms with Gasteiger partial charge in [0, 0.05) is 18.2 Å². The highest BCUT2D eigenvalue weighted by Gasteiger charge is 1.97. The van der Waals surface area contributed by atoms with Crippen LogP contribution in [0, 0.1) is 0 Å². The molecular formula is C9H10N+. The van der Waals surface area contributed by atoms with Gasteiger partial charge in [-0.05, 0) is 6.58 Å². The number of pyridine rings is 1. The summed E-state index contributed by atoms with van der Waals surface area (Å²) in [5.41, 5.74) is 0.889. The van der Waals surface area contributed by atoms with Crippen molar-refractivity contribution in [3.63, 3.8) is 0 Å². The number of hydrogen-bond donors (Lipinski definition) is 0. The fourth-order valence-corrected chi connectivity index (χ4v) is 0.696. The van der Waals surface area contributed by atoms with Crippen LogP contribution in [0.15, 0.2) is 49.8 Å². The van der Waals surface area contributed by atoms with Crippen LogP contribution in [-0.2, 0) is 0 Å². The molecule has 1 heteroatoms. The fraction of sp³-hybridized carbons (Fsp3) is 0. The highest BCUT2D eigenvalue weighted by molar-refractivity contribution is 5.41. The summed E-state index contributed by atoms with van der Waals surface area (Å²) in [5, 5.41) is 0. The van der Waals surface area contributed by atoms with Gasteiger partial charge in [0.25, 0.3) is 0 Å². The molecule has 0 radical (unpaired) electrons. The van der Waals surface area contributed by atoms with Crippen LogP contribution in [0.25, 0.3) is 5.70 Å². The van der Waals surface area contributed by atoms with Crippen molar-refractivity contribution in [1.29, 1.82) is 0 Å². The number of allylic oxidation sites excluding steroid dienone is 2. The second-order valence-electron chi connectivity index (χ2n) is 1.98. The van der Waals surface area contributed by atoms with E-state index in [2.05, 4.69) is 13.2 Å². The first kappa shape index (κ1) is 6.75. The van der Waals surface area contributed by atoms with E-state index in [0.29, 0.717) is 0 Å². The molecule has 0 bridgehead atoms. The van der Waals surface area contributed by atoms with Gasteiger partial charge in [-0.1, -0.05) is 12.6 Å². The van der Waals surface area contributed by atoms with E-state index in [-0.39, 0.29) is 0 Å². The summed E-state index contributed by atoms with van der Waals surface area (Å²) >= 11 is 0. The van der Waals surface area contributed by atoms with Gasteiger partial charge < -0.3 is 0 Å². The van der Waals surface area contributed by atoms with Crippen LogP contribution in [0.1, 0.15) is 0 Å². The SMILES string of the molecule is C=CC(=C)[n+]1ccccc1. The lowest BCUT2D eigenvalue weighted by Crippen LogP contribution is -2.28. The lowest BCUT2D eigenvalue weighted by Gasteiger charge is -1.89. The van der Waals surface area contributed by atoms with Gasteiger partial charge >= 0.3 is 0 Å². The van der Waals surface area contributed by atoms with Crippen LogP contribution in [0.3, 0.4) is 0 Å². The minimum atomic E-state index is 0.889. The maximum absolute atomic E-state index is 3.79. The Morgan fingerprint density at radius 3 is 2.30 bits per heavy atom. The summed E-state index contributed by atoms with van der Waals surface area (Å²) in [6, 6.07) is 5.87. The van der Waals surface area contributed by atoms with Crippen LogP contribution in [0.2, 0.25) is 0 Å². The van der Waals surface area contributed by atoms with Gasteiger partial charge in [0.2, 0.25) is 5.70 Å². The van der Waals surface area contributed by atoms with E-state index >= 15 is 0 Å². The Labute approximate surface area is 60.9 Å². The topological polar surface area (TPSA) is 3.88 Å². The molecule has 0 N–H and O–H groups in total. The summed E-state index contributed by atoms with van der Waals surface area (Å²) in [5.74, 6) is 0. The summed E-state index contributed by atoms with van der Waals surface area (Å²) in [6.45, 7) is 7.40. The van der Waals surface area contributed by atoms with Crippen molar-refractivity contribution < 1.29 is 4.57 Å². The number of nitrogens with zero attached hydrogens (tertiary/aromatic N) is 1. The van der Waals surface area contributed by atoms with Crippen molar-refractivity contribution in [2.45, 2.75) is 0 Å². The van der Waals surface area contributed by atoms with E-state index in [4.69, 9.17) is 0 Å². The second-order valence-corrected chi connectivity index (χ2v) is 1.98. The van der Waals surface area contributed by atoms with Crippen molar-refractivity contribution in [3.05, 3.63) is 49.8 Å². The Bertz CT molecular complexity index is 236. The van der Waals surface area contributed by atoms with Crippen molar-refractivity contribution in [1.82, 2.24) is 0 Å². The highest BCUT2D eigenvalue weighted by Crippen LogP contribution is 1.87. The zero-order chi connectivity index (χ0) is 7.40. The van der Waals surface area contributed by atoms with Gasteiger partial charge in [0.1, 0.15) is 0 Å². The van der Waals surface area contributed by atoms with E-state index in [9.17, 15) is 0 Å². The molecule has 0 aromatic carbocycles. The third-order valence-electron chi connectivity index (χ3n) is 1.28. The summed E-state index contributed by atoms with van der Waals surface area (Å²) in [4.78, 5) is 0. The van der Waals surface area contributed by atoms with Gasteiger partial charge in [-0.2, -0.15) is 4.57 Å². The summed E-state index contributed by atoms with van der Waals surface area (Å²) in [7, 11) is 0. The molecule has 0 saturated heterocycles. The predicted molar refractivity (Wildman–Crippen MR) is 42.2 cm³/mol. The fourth-order valence-electron chi connectivity index (χ4n) is 0.696. The lowest BCUT2D eigenvalue weighted by molar-refractivity contribution is -0.578. The minimum absolute atomic E-state index is 0.889. The molecule has 0 amide bonds. The van der Waals surface area contributed by atoms with E-state index in [1.165, 1.54) is 0 Å². The van der Waals surface area contributed by atoms with Gasteiger partial charge in [-0.25, -0.2) is 0 Å². The van der Waals surface area contributed by atoms with Crippen molar-refractivity contribution in [3.8, 4) is 0 Å². The van der Waals surface area contributed by atoms with Crippen LogP contribution in [-0.4, -0.2) is 0 Å². The molecule has 50 valence electrons. The largest absolute Gasteiger partial charge is 0.202 e. The normalized spacial score (nSPS) is 8.80. The average Bonchev–Trinajstić information content (AvgIpc) is 2.05. The van der Waals surface area contributed by atoms with E-state index in [0.717, 1.165) is 5.70 Å². The Kier molecular flexibility index (Phi) is 2.00. The number of rotatable bonds is 2. The zero-order valence-electron chi connectivity index (χ0n) is 5.83. The molecule has 1 heterocycles. The van der Waals surface area contributed by atoms with Crippen LogP contribution < -0.4 is 4.57 Å². The highest BCUT2D eigenvalue weighted by atomic mass is 14.9. The number of aromatic nitrogens is 1. The molecule has 1 rings (SSSR count). The quantitative estimate of drug-likeness (QED) is 0.425. The Hall–Kier alpha value is -1.37. The van der Waals surface area contributed by atoms with E-state index in [1.807, 2.05) is 35.2 Å². The summed E-state index contributed by atoms with van der Waals surface area (Å²) in [6.07, 6.45) is 5.59. The Morgan fingerprint density at radius 1 is 1.20 bits per heavy atom. The lowest BCUT2D eigenvalue weighted by atomic mass is 10.4. The second kappa shape index (κ2) is 2.97. The average molecular weight is 132 g/mol. The monoisotopic (exact) mass is 132 g/mol. The predicted octanol–water partition coefficient (Wildman–Crippen LogP) is 1.63. The standard InChI is InChI=1S/C9H10N/c1-3-9(2)10-7-5-4-6-8-10/h3-8H,1-2H2/q+1. The molecule has 10 heavy (non-hydrogen) atoms. The van der Waals surface area contributed by atoms with Gasteiger partial charge in [-0.15, -0.1) is 0 Å². The minimum Gasteiger partial charge on any atom is -0.168 e. The molecule has 0 aliphatic heterocycles. The molecule has 0 aliphatic rings. The third-order valence-corrected chi connectivity index (χ3v) is 1.28. The van der Waals surface area contributed by atoms with E-state index < -0.39 is 0 Å². The molecule has 1 nitrogen and oxygen atoms in total. The maximum Gasteiger partial charge on any atom is 0.202 e. The maximum atomic E-state index is 3.79. The smallest absolute Gasteiger partial charge is 0.168 e. The van der Waals surface area contributed by atoms with Gasteiger partial charge in [-0.3, -0.25) is 0 Å². The molecule has 1 aromatic rings. The van der Waals surface area contributed by atoms with Crippen molar-refractivity contribution in [2.75, 3.05) is 0 Å².